The molecule has 0 atom stereocenters. The molecule has 118 valence electrons. The van der Waals surface area contributed by atoms with E-state index in [4.69, 9.17) is 9.25 Å². The molecule has 0 unspecified atom stereocenters. The standard InChI is InChI=1S/C15H24N2O4/c1-6-20-16-14(18)7-8-17(10(2)3)15(19)13-9-11(4)21-12(13)5/h9-10H,6-8H2,1-5H3,(H,16,18). The van der Waals surface area contributed by atoms with Crippen molar-refractivity contribution in [3.8, 4) is 0 Å². The van der Waals surface area contributed by atoms with Crippen LogP contribution in [0.2, 0.25) is 0 Å². The monoisotopic (exact) mass is 296 g/mol. The Balaban J connectivity index is 2.71. The van der Waals surface area contributed by atoms with E-state index < -0.39 is 0 Å². The van der Waals surface area contributed by atoms with Gasteiger partial charge in [0.25, 0.3) is 5.91 Å². The molecule has 0 aliphatic carbocycles. The maximum atomic E-state index is 12.6. The van der Waals surface area contributed by atoms with Gasteiger partial charge < -0.3 is 9.32 Å². The highest BCUT2D eigenvalue weighted by molar-refractivity contribution is 5.95. The maximum Gasteiger partial charge on any atom is 0.257 e. The Kier molecular flexibility index (Phi) is 6.42. The topological polar surface area (TPSA) is 71.8 Å². The van der Waals surface area contributed by atoms with Crippen LogP contribution in [-0.4, -0.2) is 35.9 Å². The summed E-state index contributed by atoms with van der Waals surface area (Å²) < 4.78 is 5.40. The minimum absolute atomic E-state index is 0.00741. The van der Waals surface area contributed by atoms with E-state index in [1.807, 2.05) is 13.8 Å². The fourth-order valence-corrected chi connectivity index (χ4v) is 2.02. The van der Waals surface area contributed by atoms with E-state index in [0.717, 1.165) is 0 Å². The van der Waals surface area contributed by atoms with Crippen LogP contribution in [0.4, 0.5) is 0 Å². The molecule has 0 saturated heterocycles. The summed E-state index contributed by atoms with van der Waals surface area (Å²) in [5.74, 6) is 0.939. The predicted molar refractivity (Wildman–Crippen MR) is 78.7 cm³/mol. The van der Waals surface area contributed by atoms with Gasteiger partial charge in [0.1, 0.15) is 11.5 Å². The molecule has 6 heteroatoms. The van der Waals surface area contributed by atoms with Crippen LogP contribution in [-0.2, 0) is 9.63 Å². The molecule has 1 aromatic heterocycles. The first-order chi connectivity index (χ1) is 9.86. The zero-order valence-corrected chi connectivity index (χ0v) is 13.4. The van der Waals surface area contributed by atoms with Crippen LogP contribution in [0.15, 0.2) is 10.5 Å². The lowest BCUT2D eigenvalue weighted by atomic mass is 10.1. The Morgan fingerprint density at radius 1 is 1.38 bits per heavy atom. The summed E-state index contributed by atoms with van der Waals surface area (Å²) in [6.07, 6.45) is 0.194. The van der Waals surface area contributed by atoms with E-state index in [9.17, 15) is 9.59 Å². The molecule has 0 radical (unpaired) electrons. The number of hydroxylamine groups is 1. The summed E-state index contributed by atoms with van der Waals surface area (Å²) in [5, 5.41) is 0. The Labute approximate surface area is 125 Å². The molecule has 0 spiro atoms. The molecule has 0 aliphatic rings. The molecular weight excluding hydrogens is 272 g/mol. The Bertz CT molecular complexity index is 494. The molecular formula is C15H24N2O4. The van der Waals surface area contributed by atoms with Crippen molar-refractivity contribution in [1.82, 2.24) is 10.4 Å². The van der Waals surface area contributed by atoms with Gasteiger partial charge in [0, 0.05) is 19.0 Å². The third kappa shape index (κ3) is 4.90. The normalized spacial score (nSPS) is 10.8. The van der Waals surface area contributed by atoms with Crippen molar-refractivity contribution in [1.29, 1.82) is 0 Å². The average Bonchev–Trinajstić information content (AvgIpc) is 2.74. The highest BCUT2D eigenvalue weighted by Crippen LogP contribution is 2.17. The fraction of sp³-hybridized carbons (Fsp3) is 0.600. The van der Waals surface area contributed by atoms with E-state index in [1.54, 1.807) is 31.7 Å². The van der Waals surface area contributed by atoms with Crippen molar-refractivity contribution >= 4 is 11.8 Å². The SMILES string of the molecule is CCONC(=O)CCN(C(=O)c1cc(C)oc1C)C(C)C. The third-order valence-electron chi connectivity index (χ3n) is 3.07. The number of hydrogen-bond donors (Lipinski definition) is 1. The summed E-state index contributed by atoms with van der Waals surface area (Å²) in [5.41, 5.74) is 2.87. The minimum Gasteiger partial charge on any atom is -0.466 e. The van der Waals surface area contributed by atoms with Crippen LogP contribution in [0.1, 0.15) is 49.1 Å². The number of carbonyl (C=O) groups excluding carboxylic acids is 2. The first-order valence-corrected chi connectivity index (χ1v) is 7.15. The van der Waals surface area contributed by atoms with Gasteiger partial charge in [0.15, 0.2) is 0 Å². The van der Waals surface area contributed by atoms with Crippen molar-refractivity contribution in [3.63, 3.8) is 0 Å². The van der Waals surface area contributed by atoms with Crippen LogP contribution in [0.3, 0.4) is 0 Å². The molecule has 1 heterocycles. The first-order valence-electron chi connectivity index (χ1n) is 7.15. The molecule has 6 nitrogen and oxygen atoms in total. The summed E-state index contributed by atoms with van der Waals surface area (Å²) in [4.78, 5) is 30.6. The predicted octanol–water partition coefficient (Wildman–Crippen LogP) is 2.20. The van der Waals surface area contributed by atoms with Gasteiger partial charge in [0.05, 0.1) is 12.2 Å². The molecule has 0 saturated carbocycles. The molecule has 2 amide bonds. The lowest BCUT2D eigenvalue weighted by Gasteiger charge is -2.26. The van der Waals surface area contributed by atoms with Gasteiger partial charge in [-0.15, -0.1) is 0 Å². The lowest BCUT2D eigenvalue weighted by molar-refractivity contribution is -0.133. The highest BCUT2D eigenvalue weighted by atomic mass is 16.6. The summed E-state index contributed by atoms with van der Waals surface area (Å²) in [6, 6.07) is 1.72. The van der Waals surface area contributed by atoms with Gasteiger partial charge in [0.2, 0.25) is 5.91 Å². The van der Waals surface area contributed by atoms with Gasteiger partial charge >= 0.3 is 0 Å². The average molecular weight is 296 g/mol. The molecule has 1 aromatic rings. The quantitative estimate of drug-likeness (QED) is 0.783. The first kappa shape index (κ1) is 17.2. The number of carbonyl (C=O) groups is 2. The fourth-order valence-electron chi connectivity index (χ4n) is 2.02. The summed E-state index contributed by atoms with van der Waals surface area (Å²) in [6.45, 7) is 9.93. The number of amides is 2. The second-order valence-electron chi connectivity index (χ2n) is 5.13. The van der Waals surface area contributed by atoms with Gasteiger partial charge in [-0.1, -0.05) is 0 Å². The van der Waals surface area contributed by atoms with Crippen molar-refractivity contribution in [2.24, 2.45) is 0 Å². The smallest absolute Gasteiger partial charge is 0.257 e. The van der Waals surface area contributed by atoms with Gasteiger partial charge in [-0.05, 0) is 40.7 Å². The second-order valence-corrected chi connectivity index (χ2v) is 5.13. The number of nitrogens with one attached hydrogen (secondary N) is 1. The molecule has 0 aliphatic heterocycles. The van der Waals surface area contributed by atoms with Crippen LogP contribution < -0.4 is 5.48 Å². The summed E-state index contributed by atoms with van der Waals surface area (Å²) >= 11 is 0. The Morgan fingerprint density at radius 2 is 2.05 bits per heavy atom. The van der Waals surface area contributed by atoms with E-state index in [1.165, 1.54) is 0 Å². The Morgan fingerprint density at radius 3 is 2.52 bits per heavy atom. The van der Waals surface area contributed by atoms with E-state index >= 15 is 0 Å². The Hall–Kier alpha value is -1.82. The zero-order chi connectivity index (χ0) is 16.0. The molecule has 21 heavy (non-hydrogen) atoms. The van der Waals surface area contributed by atoms with Gasteiger partial charge in [-0.2, -0.15) is 0 Å². The maximum absolute atomic E-state index is 12.6. The van der Waals surface area contributed by atoms with E-state index in [2.05, 4.69) is 5.48 Å². The highest BCUT2D eigenvalue weighted by Gasteiger charge is 2.23. The van der Waals surface area contributed by atoms with E-state index in [0.29, 0.717) is 30.2 Å². The van der Waals surface area contributed by atoms with Crippen LogP contribution in [0.25, 0.3) is 0 Å². The van der Waals surface area contributed by atoms with Gasteiger partial charge in [-0.25, -0.2) is 5.48 Å². The number of nitrogens with zero attached hydrogens (tertiary/aromatic N) is 1. The third-order valence-corrected chi connectivity index (χ3v) is 3.07. The number of aryl methyl sites for hydroxylation is 2. The largest absolute Gasteiger partial charge is 0.466 e. The minimum atomic E-state index is -0.240. The van der Waals surface area contributed by atoms with Crippen molar-refractivity contribution in [3.05, 3.63) is 23.2 Å². The molecule has 1 N–H and O–H groups in total. The van der Waals surface area contributed by atoms with Crippen LogP contribution >= 0.6 is 0 Å². The van der Waals surface area contributed by atoms with Crippen LogP contribution in [0.5, 0.6) is 0 Å². The molecule has 1 rings (SSSR count). The summed E-state index contributed by atoms with van der Waals surface area (Å²) in [7, 11) is 0. The number of furan rings is 1. The zero-order valence-electron chi connectivity index (χ0n) is 13.4. The van der Waals surface area contributed by atoms with E-state index in [-0.39, 0.29) is 24.3 Å². The molecule has 0 fully saturated rings. The van der Waals surface area contributed by atoms with Crippen molar-refractivity contribution in [2.75, 3.05) is 13.2 Å². The lowest BCUT2D eigenvalue weighted by Crippen LogP contribution is -2.40. The molecule has 0 bridgehead atoms. The van der Waals surface area contributed by atoms with Gasteiger partial charge in [-0.3, -0.25) is 14.4 Å². The molecule has 0 aromatic carbocycles. The number of hydrogen-bond acceptors (Lipinski definition) is 4. The second kappa shape index (κ2) is 7.83. The van der Waals surface area contributed by atoms with Crippen molar-refractivity contribution < 1.29 is 18.8 Å². The number of rotatable bonds is 7. The van der Waals surface area contributed by atoms with Crippen LogP contribution in [0, 0.1) is 13.8 Å². The van der Waals surface area contributed by atoms with Crippen molar-refractivity contribution in [2.45, 2.75) is 47.1 Å².